The van der Waals surface area contributed by atoms with E-state index in [-0.39, 0.29) is 0 Å². The highest BCUT2D eigenvalue weighted by Crippen LogP contribution is 2.26. The molecule has 5 nitrogen and oxygen atoms in total. The molecular formula is C9H11N5S. The first-order chi connectivity index (χ1) is 7.20. The summed E-state index contributed by atoms with van der Waals surface area (Å²) >= 11 is 1.49. The summed E-state index contributed by atoms with van der Waals surface area (Å²) in [5.74, 6) is 0.773. The van der Waals surface area contributed by atoms with Crippen molar-refractivity contribution in [3.8, 4) is 10.6 Å². The van der Waals surface area contributed by atoms with Crippen LogP contribution in [0.4, 0.5) is 5.13 Å². The number of aryl methyl sites for hydroxylation is 2. The molecule has 0 saturated carbocycles. The molecule has 2 aromatic heterocycles. The molecule has 2 aromatic rings. The van der Waals surface area contributed by atoms with E-state index in [0.717, 1.165) is 27.2 Å². The first-order valence-electron chi connectivity index (χ1n) is 4.52. The van der Waals surface area contributed by atoms with Gasteiger partial charge in [0.15, 0.2) is 5.01 Å². The van der Waals surface area contributed by atoms with Crippen LogP contribution in [0.3, 0.4) is 0 Å². The van der Waals surface area contributed by atoms with Gasteiger partial charge in [0.2, 0.25) is 5.13 Å². The molecule has 0 aromatic carbocycles. The van der Waals surface area contributed by atoms with Crippen LogP contribution in [0.5, 0.6) is 0 Å². The molecule has 0 aliphatic rings. The molecule has 2 rings (SSSR count). The van der Waals surface area contributed by atoms with Crippen molar-refractivity contribution in [1.82, 2.24) is 20.2 Å². The SMILES string of the molecule is CNc1nnc(-c2cnc(C)nc2C)s1. The lowest BCUT2D eigenvalue weighted by Crippen LogP contribution is -1.93. The van der Waals surface area contributed by atoms with Crippen molar-refractivity contribution in [1.29, 1.82) is 0 Å². The van der Waals surface area contributed by atoms with Crippen LogP contribution in [0.1, 0.15) is 11.5 Å². The average molecular weight is 221 g/mol. The second-order valence-electron chi connectivity index (χ2n) is 3.08. The van der Waals surface area contributed by atoms with Gasteiger partial charge < -0.3 is 5.32 Å². The number of nitrogens with one attached hydrogen (secondary N) is 1. The van der Waals surface area contributed by atoms with Gasteiger partial charge in [-0.05, 0) is 13.8 Å². The normalized spacial score (nSPS) is 10.3. The third-order valence-corrected chi connectivity index (χ3v) is 2.94. The van der Waals surface area contributed by atoms with Gasteiger partial charge in [-0.2, -0.15) is 0 Å². The van der Waals surface area contributed by atoms with E-state index in [9.17, 15) is 0 Å². The second-order valence-corrected chi connectivity index (χ2v) is 4.06. The average Bonchev–Trinajstić information content (AvgIpc) is 2.66. The lowest BCUT2D eigenvalue weighted by Gasteiger charge is -2.00. The largest absolute Gasteiger partial charge is 0.363 e. The Bertz CT molecular complexity index is 479. The van der Waals surface area contributed by atoms with Gasteiger partial charge in [0.1, 0.15) is 5.82 Å². The van der Waals surface area contributed by atoms with Crippen LogP contribution in [-0.4, -0.2) is 27.2 Å². The van der Waals surface area contributed by atoms with E-state index in [1.54, 1.807) is 6.20 Å². The third kappa shape index (κ3) is 1.94. The fourth-order valence-electron chi connectivity index (χ4n) is 1.23. The van der Waals surface area contributed by atoms with Gasteiger partial charge in [0.25, 0.3) is 0 Å². The first-order valence-corrected chi connectivity index (χ1v) is 5.34. The highest BCUT2D eigenvalue weighted by molar-refractivity contribution is 7.18. The Labute approximate surface area is 91.6 Å². The van der Waals surface area contributed by atoms with Crippen molar-refractivity contribution >= 4 is 16.5 Å². The van der Waals surface area contributed by atoms with Crippen LogP contribution < -0.4 is 5.32 Å². The van der Waals surface area contributed by atoms with E-state index in [1.807, 2.05) is 20.9 Å². The van der Waals surface area contributed by atoms with Crippen LogP contribution in [0.15, 0.2) is 6.20 Å². The summed E-state index contributed by atoms with van der Waals surface area (Å²) in [5.41, 5.74) is 1.88. The van der Waals surface area contributed by atoms with E-state index < -0.39 is 0 Å². The molecule has 78 valence electrons. The predicted octanol–water partition coefficient (Wildman–Crippen LogP) is 1.65. The lowest BCUT2D eigenvalue weighted by atomic mass is 10.2. The minimum absolute atomic E-state index is 0.773. The molecule has 15 heavy (non-hydrogen) atoms. The van der Waals surface area contributed by atoms with Crippen molar-refractivity contribution in [3.05, 3.63) is 17.7 Å². The Hall–Kier alpha value is -1.56. The first kappa shape index (κ1) is 9.97. The Morgan fingerprint density at radius 3 is 2.67 bits per heavy atom. The standard InChI is InChI=1S/C9H11N5S/c1-5-7(4-11-6(2)12-5)8-13-14-9(10-3)15-8/h4H,1-3H3,(H,10,14). The number of anilines is 1. The fourth-order valence-corrected chi connectivity index (χ4v) is 1.99. The summed E-state index contributed by atoms with van der Waals surface area (Å²) in [5, 5.41) is 12.6. The van der Waals surface area contributed by atoms with Crippen molar-refractivity contribution in [3.63, 3.8) is 0 Å². The van der Waals surface area contributed by atoms with Crippen LogP contribution in [0.25, 0.3) is 10.6 Å². The third-order valence-electron chi connectivity index (χ3n) is 1.97. The van der Waals surface area contributed by atoms with E-state index >= 15 is 0 Å². The molecule has 6 heteroatoms. The molecular weight excluding hydrogens is 210 g/mol. The second kappa shape index (κ2) is 3.90. The number of hydrogen-bond donors (Lipinski definition) is 1. The van der Waals surface area contributed by atoms with Crippen LogP contribution >= 0.6 is 11.3 Å². The molecule has 0 spiro atoms. The Morgan fingerprint density at radius 1 is 1.27 bits per heavy atom. The Balaban J connectivity index is 2.44. The Morgan fingerprint density at radius 2 is 2.07 bits per heavy atom. The highest BCUT2D eigenvalue weighted by Gasteiger charge is 2.09. The number of hydrogen-bond acceptors (Lipinski definition) is 6. The zero-order valence-corrected chi connectivity index (χ0v) is 9.59. The Kier molecular flexibility index (Phi) is 2.59. The van der Waals surface area contributed by atoms with Crippen molar-refractivity contribution in [2.45, 2.75) is 13.8 Å². The molecule has 0 bridgehead atoms. The zero-order valence-electron chi connectivity index (χ0n) is 8.77. The van der Waals surface area contributed by atoms with Gasteiger partial charge in [0, 0.05) is 13.2 Å². The van der Waals surface area contributed by atoms with E-state index in [1.165, 1.54) is 11.3 Å². The summed E-state index contributed by atoms with van der Waals surface area (Å²) in [7, 11) is 1.82. The number of nitrogens with zero attached hydrogens (tertiary/aromatic N) is 4. The molecule has 0 aliphatic heterocycles. The van der Waals surface area contributed by atoms with E-state index in [0.29, 0.717) is 0 Å². The topological polar surface area (TPSA) is 63.6 Å². The van der Waals surface area contributed by atoms with Gasteiger partial charge in [-0.1, -0.05) is 11.3 Å². The molecule has 0 aliphatic carbocycles. The molecule has 0 fully saturated rings. The van der Waals surface area contributed by atoms with Crippen molar-refractivity contribution in [2.24, 2.45) is 0 Å². The van der Waals surface area contributed by atoms with Crippen molar-refractivity contribution < 1.29 is 0 Å². The minimum Gasteiger partial charge on any atom is -0.363 e. The van der Waals surface area contributed by atoms with Crippen LogP contribution in [0.2, 0.25) is 0 Å². The summed E-state index contributed by atoms with van der Waals surface area (Å²) < 4.78 is 0. The molecule has 0 unspecified atom stereocenters. The quantitative estimate of drug-likeness (QED) is 0.835. The lowest BCUT2D eigenvalue weighted by molar-refractivity contribution is 1.01. The maximum absolute atomic E-state index is 4.29. The molecule has 1 N–H and O–H groups in total. The van der Waals surface area contributed by atoms with Crippen LogP contribution in [-0.2, 0) is 0 Å². The number of rotatable bonds is 2. The molecule has 0 radical (unpaired) electrons. The molecule has 2 heterocycles. The fraction of sp³-hybridized carbons (Fsp3) is 0.333. The van der Waals surface area contributed by atoms with Gasteiger partial charge in [-0.25, -0.2) is 9.97 Å². The van der Waals surface area contributed by atoms with E-state index in [2.05, 4.69) is 25.5 Å². The number of aromatic nitrogens is 4. The highest BCUT2D eigenvalue weighted by atomic mass is 32.1. The minimum atomic E-state index is 0.773. The van der Waals surface area contributed by atoms with E-state index in [4.69, 9.17) is 0 Å². The summed E-state index contributed by atoms with van der Waals surface area (Å²) in [6.07, 6.45) is 1.79. The predicted molar refractivity (Wildman–Crippen MR) is 60.0 cm³/mol. The molecule has 0 atom stereocenters. The summed E-state index contributed by atoms with van der Waals surface area (Å²) in [4.78, 5) is 8.45. The maximum atomic E-state index is 4.29. The zero-order chi connectivity index (χ0) is 10.8. The van der Waals surface area contributed by atoms with Crippen LogP contribution in [0, 0.1) is 13.8 Å². The summed E-state index contributed by atoms with van der Waals surface area (Å²) in [6.45, 7) is 3.82. The van der Waals surface area contributed by atoms with Gasteiger partial charge in [0.05, 0.1) is 11.3 Å². The molecule has 0 amide bonds. The monoisotopic (exact) mass is 221 g/mol. The maximum Gasteiger partial charge on any atom is 0.205 e. The molecule has 0 saturated heterocycles. The smallest absolute Gasteiger partial charge is 0.205 e. The van der Waals surface area contributed by atoms with Gasteiger partial charge >= 0.3 is 0 Å². The van der Waals surface area contributed by atoms with Gasteiger partial charge in [-0.15, -0.1) is 10.2 Å². The van der Waals surface area contributed by atoms with Crippen molar-refractivity contribution in [2.75, 3.05) is 12.4 Å². The summed E-state index contributed by atoms with van der Waals surface area (Å²) in [6, 6.07) is 0. The van der Waals surface area contributed by atoms with Gasteiger partial charge in [-0.3, -0.25) is 0 Å².